The van der Waals surface area contributed by atoms with Crippen molar-refractivity contribution in [2.45, 2.75) is 12.8 Å². The largest absolute Gasteiger partial charge is 0.497 e. The number of aromatic nitrogens is 2. The molecule has 0 bridgehead atoms. The highest BCUT2D eigenvalue weighted by atomic mass is 32.1. The zero-order valence-corrected chi connectivity index (χ0v) is 18.8. The fraction of sp³-hybridized carbons (Fsp3) is 0.160. The number of esters is 1. The number of hydrogen-bond donors (Lipinski definition) is 0. The maximum atomic E-state index is 13.0. The van der Waals surface area contributed by atoms with Crippen LogP contribution in [0.25, 0.3) is 22.2 Å². The van der Waals surface area contributed by atoms with Crippen LogP contribution in [0.2, 0.25) is 0 Å². The molecule has 33 heavy (non-hydrogen) atoms. The zero-order chi connectivity index (χ0) is 23.4. The molecule has 0 saturated carbocycles. The maximum absolute atomic E-state index is 13.0. The van der Waals surface area contributed by atoms with Crippen molar-refractivity contribution in [3.05, 3.63) is 76.2 Å². The van der Waals surface area contributed by atoms with Gasteiger partial charge >= 0.3 is 5.97 Å². The number of ether oxygens (including phenoxy) is 2. The van der Waals surface area contributed by atoms with Gasteiger partial charge in [-0.2, -0.15) is 5.26 Å². The van der Waals surface area contributed by atoms with E-state index in [1.807, 2.05) is 36.4 Å². The number of rotatable bonds is 7. The highest BCUT2D eigenvalue weighted by Crippen LogP contribution is 2.27. The molecule has 0 aliphatic carbocycles. The zero-order valence-electron chi connectivity index (χ0n) is 17.9. The van der Waals surface area contributed by atoms with Gasteiger partial charge in [0.1, 0.15) is 10.8 Å². The summed E-state index contributed by atoms with van der Waals surface area (Å²) in [6.07, 6.45) is 0. The van der Waals surface area contributed by atoms with Crippen LogP contribution in [-0.2, 0) is 9.53 Å². The molecule has 0 spiro atoms. The molecule has 2 heterocycles. The predicted octanol–water partition coefficient (Wildman–Crippen LogP) is 4.71. The summed E-state index contributed by atoms with van der Waals surface area (Å²) in [5.41, 5.74) is 3.03. The van der Waals surface area contributed by atoms with Gasteiger partial charge in [-0.05, 0) is 43.3 Å². The molecule has 2 aromatic carbocycles. The number of benzene rings is 2. The molecule has 7 nitrogen and oxygen atoms in total. The van der Waals surface area contributed by atoms with E-state index in [2.05, 4.69) is 9.97 Å². The van der Waals surface area contributed by atoms with E-state index in [1.165, 1.54) is 11.3 Å². The molecule has 0 saturated heterocycles. The standard InChI is InChI=1S/C25H19N3O4S/c1-15-14-33-24(27-15)20(12-26)23(29)13-32-25(30)19-11-22(16-7-9-17(31-2)10-8-16)28-21-6-4-3-5-18(19)21/h3-11,14,20H,13H2,1-2H3/t20-/m0/s1. The van der Waals surface area contributed by atoms with Crippen LogP contribution in [0, 0.1) is 18.3 Å². The summed E-state index contributed by atoms with van der Waals surface area (Å²) in [4.78, 5) is 34.4. The summed E-state index contributed by atoms with van der Waals surface area (Å²) in [6, 6.07) is 18.1. The van der Waals surface area contributed by atoms with Crippen molar-refractivity contribution in [2.24, 2.45) is 0 Å². The Morgan fingerprint density at radius 1 is 1.12 bits per heavy atom. The Labute approximate surface area is 194 Å². The first kappa shape index (κ1) is 22.1. The number of ketones is 1. The molecule has 4 rings (SSSR count). The second kappa shape index (κ2) is 9.59. The monoisotopic (exact) mass is 457 g/mol. The van der Waals surface area contributed by atoms with Crippen LogP contribution in [-0.4, -0.2) is 35.4 Å². The summed E-state index contributed by atoms with van der Waals surface area (Å²) in [5.74, 6) is -1.54. The van der Waals surface area contributed by atoms with Crippen LogP contribution in [0.3, 0.4) is 0 Å². The molecule has 0 aliphatic heterocycles. The molecular weight excluding hydrogens is 438 g/mol. The molecule has 4 aromatic rings. The molecule has 164 valence electrons. The Bertz CT molecular complexity index is 1370. The summed E-state index contributed by atoms with van der Waals surface area (Å²) in [7, 11) is 1.59. The molecule has 0 unspecified atom stereocenters. The molecule has 2 aromatic heterocycles. The normalized spacial score (nSPS) is 11.5. The maximum Gasteiger partial charge on any atom is 0.339 e. The van der Waals surface area contributed by atoms with Gasteiger partial charge in [0.2, 0.25) is 0 Å². The summed E-state index contributed by atoms with van der Waals surface area (Å²) < 4.78 is 10.5. The number of pyridine rings is 1. The van der Waals surface area contributed by atoms with Crippen LogP contribution in [0.15, 0.2) is 60.0 Å². The molecule has 0 N–H and O–H groups in total. The Kier molecular flexibility index (Phi) is 6.43. The number of hydrogen-bond acceptors (Lipinski definition) is 8. The Balaban J connectivity index is 1.60. The third-order valence-electron chi connectivity index (χ3n) is 5.00. The lowest BCUT2D eigenvalue weighted by molar-refractivity contribution is -0.122. The van der Waals surface area contributed by atoms with Gasteiger partial charge < -0.3 is 9.47 Å². The number of aryl methyl sites for hydroxylation is 1. The van der Waals surface area contributed by atoms with Crippen molar-refractivity contribution in [1.82, 2.24) is 9.97 Å². The number of nitriles is 1. The lowest BCUT2D eigenvalue weighted by Gasteiger charge is -2.11. The van der Waals surface area contributed by atoms with E-state index in [0.29, 0.717) is 27.4 Å². The van der Waals surface area contributed by atoms with E-state index in [9.17, 15) is 14.9 Å². The average Bonchev–Trinajstić information content (AvgIpc) is 3.28. The lowest BCUT2D eigenvalue weighted by atomic mass is 10.0. The van der Waals surface area contributed by atoms with Crippen LogP contribution < -0.4 is 4.74 Å². The van der Waals surface area contributed by atoms with Crippen molar-refractivity contribution in [3.63, 3.8) is 0 Å². The van der Waals surface area contributed by atoms with Crippen molar-refractivity contribution in [2.75, 3.05) is 13.7 Å². The van der Waals surface area contributed by atoms with E-state index in [-0.39, 0.29) is 5.56 Å². The molecule has 8 heteroatoms. The third-order valence-corrected chi connectivity index (χ3v) is 6.03. The van der Waals surface area contributed by atoms with Gasteiger partial charge in [-0.15, -0.1) is 11.3 Å². The number of fused-ring (bicyclic) bond motifs is 1. The van der Waals surface area contributed by atoms with Gasteiger partial charge in [0.05, 0.1) is 30.0 Å². The SMILES string of the molecule is COc1ccc(-c2cc(C(=O)OCC(=O)[C@H](C#N)c3nc(C)cs3)c3ccccc3n2)cc1. The van der Waals surface area contributed by atoms with E-state index >= 15 is 0 Å². The number of thiazole rings is 1. The quantitative estimate of drug-likeness (QED) is 0.370. The number of para-hydroxylation sites is 1. The number of Topliss-reactive ketones (excluding diaryl/α,β-unsaturated/α-hetero) is 1. The molecule has 1 atom stereocenters. The van der Waals surface area contributed by atoms with Gasteiger partial charge in [0, 0.05) is 22.0 Å². The average molecular weight is 458 g/mol. The van der Waals surface area contributed by atoms with Gasteiger partial charge in [0.15, 0.2) is 18.3 Å². The predicted molar refractivity (Wildman–Crippen MR) is 124 cm³/mol. The van der Waals surface area contributed by atoms with Crippen LogP contribution >= 0.6 is 11.3 Å². The van der Waals surface area contributed by atoms with E-state index in [0.717, 1.165) is 11.3 Å². The number of carbonyl (C=O) groups is 2. The summed E-state index contributed by atoms with van der Waals surface area (Å²) >= 11 is 1.23. The van der Waals surface area contributed by atoms with Crippen molar-refractivity contribution < 1.29 is 19.1 Å². The second-order valence-electron chi connectivity index (χ2n) is 7.23. The van der Waals surface area contributed by atoms with Gasteiger partial charge in [-0.1, -0.05) is 18.2 Å². The molecule has 0 radical (unpaired) electrons. The highest BCUT2D eigenvalue weighted by molar-refractivity contribution is 7.09. The fourth-order valence-corrected chi connectivity index (χ4v) is 4.18. The van der Waals surface area contributed by atoms with E-state index in [4.69, 9.17) is 9.47 Å². The van der Waals surface area contributed by atoms with Crippen molar-refractivity contribution >= 4 is 34.0 Å². The number of methoxy groups -OCH3 is 1. The second-order valence-corrected chi connectivity index (χ2v) is 8.12. The first-order valence-corrected chi connectivity index (χ1v) is 10.9. The third kappa shape index (κ3) is 4.73. The van der Waals surface area contributed by atoms with E-state index in [1.54, 1.807) is 43.7 Å². The minimum absolute atomic E-state index is 0.290. The number of nitrogens with zero attached hydrogens (tertiary/aromatic N) is 3. The molecule has 0 amide bonds. The Hall–Kier alpha value is -4.09. The summed E-state index contributed by atoms with van der Waals surface area (Å²) in [5, 5.41) is 12.2. The lowest BCUT2D eigenvalue weighted by Crippen LogP contribution is -2.20. The first-order valence-electron chi connectivity index (χ1n) is 10.1. The number of carbonyl (C=O) groups excluding carboxylic acids is 2. The molecular formula is C25H19N3O4S. The molecule has 0 aliphatic rings. The topological polar surface area (TPSA) is 102 Å². The van der Waals surface area contributed by atoms with Gasteiger partial charge in [-0.25, -0.2) is 14.8 Å². The molecule has 0 fully saturated rings. The van der Waals surface area contributed by atoms with Gasteiger partial charge in [0.25, 0.3) is 0 Å². The van der Waals surface area contributed by atoms with Crippen LogP contribution in [0.4, 0.5) is 0 Å². The van der Waals surface area contributed by atoms with Crippen LogP contribution in [0.5, 0.6) is 5.75 Å². The van der Waals surface area contributed by atoms with Crippen molar-refractivity contribution in [1.29, 1.82) is 5.26 Å². The Morgan fingerprint density at radius 2 is 1.88 bits per heavy atom. The minimum atomic E-state index is -1.07. The Morgan fingerprint density at radius 3 is 2.55 bits per heavy atom. The fourth-order valence-electron chi connectivity index (χ4n) is 3.32. The van der Waals surface area contributed by atoms with Gasteiger partial charge in [-0.3, -0.25) is 4.79 Å². The first-order chi connectivity index (χ1) is 16.0. The smallest absolute Gasteiger partial charge is 0.339 e. The van der Waals surface area contributed by atoms with E-state index < -0.39 is 24.3 Å². The summed E-state index contributed by atoms with van der Waals surface area (Å²) in [6.45, 7) is 1.26. The minimum Gasteiger partial charge on any atom is -0.497 e. The highest BCUT2D eigenvalue weighted by Gasteiger charge is 2.25. The van der Waals surface area contributed by atoms with Crippen LogP contribution in [0.1, 0.15) is 27.0 Å². The van der Waals surface area contributed by atoms with Crippen molar-refractivity contribution in [3.8, 4) is 23.1 Å².